The SMILES string of the molecule is CC(C)COC(=O)C1CCc2cc(NS(=O)(=O)c3ccc(-n4nnn(CCCC5CCCCC5)c4=O)cc3)ccc2O1. The van der Waals surface area contributed by atoms with Crippen molar-refractivity contribution < 1.29 is 22.7 Å². The summed E-state index contributed by atoms with van der Waals surface area (Å²) in [4.78, 5) is 25.2. The number of benzene rings is 2. The van der Waals surface area contributed by atoms with Crippen molar-refractivity contribution in [3.63, 3.8) is 0 Å². The minimum absolute atomic E-state index is 0.0427. The number of carbonyl (C=O) groups excluding carboxylic acids is 1. The maximum absolute atomic E-state index is 13.1. The zero-order chi connectivity index (χ0) is 29.7. The molecule has 3 aromatic rings. The van der Waals surface area contributed by atoms with Crippen LogP contribution in [-0.4, -0.2) is 46.9 Å². The van der Waals surface area contributed by atoms with Crippen molar-refractivity contribution in [3.05, 3.63) is 58.5 Å². The molecule has 1 atom stereocenters. The maximum Gasteiger partial charge on any atom is 0.368 e. The van der Waals surface area contributed by atoms with Gasteiger partial charge in [-0.25, -0.2) is 18.0 Å². The van der Waals surface area contributed by atoms with E-state index in [0.29, 0.717) is 43.1 Å². The smallest absolute Gasteiger partial charge is 0.368 e. The van der Waals surface area contributed by atoms with E-state index < -0.39 is 16.1 Å². The number of esters is 1. The summed E-state index contributed by atoms with van der Waals surface area (Å²) in [6, 6.07) is 10.9. The van der Waals surface area contributed by atoms with Crippen LogP contribution in [-0.2, 0) is 32.5 Å². The number of ether oxygens (including phenoxy) is 2. The molecule has 1 aromatic heterocycles. The van der Waals surface area contributed by atoms with Crippen LogP contribution in [0.3, 0.4) is 0 Å². The highest BCUT2D eigenvalue weighted by atomic mass is 32.2. The molecular formula is C30H39N5O6S. The highest BCUT2D eigenvalue weighted by Gasteiger charge is 2.28. The van der Waals surface area contributed by atoms with Crippen LogP contribution in [0.25, 0.3) is 5.69 Å². The maximum atomic E-state index is 13.1. The number of tetrazole rings is 1. The Morgan fingerprint density at radius 3 is 2.57 bits per heavy atom. The molecule has 1 aliphatic heterocycles. The van der Waals surface area contributed by atoms with Crippen molar-refractivity contribution in [1.29, 1.82) is 0 Å². The summed E-state index contributed by atoms with van der Waals surface area (Å²) in [6.07, 6.45) is 8.75. The topological polar surface area (TPSA) is 134 Å². The number of aryl methyl sites for hydroxylation is 2. The molecule has 0 amide bonds. The second-order valence-electron chi connectivity index (χ2n) is 11.6. The van der Waals surface area contributed by atoms with Crippen LogP contribution < -0.4 is 15.1 Å². The van der Waals surface area contributed by atoms with Gasteiger partial charge in [-0.3, -0.25) is 4.72 Å². The van der Waals surface area contributed by atoms with Crippen LogP contribution in [0.5, 0.6) is 5.75 Å². The van der Waals surface area contributed by atoms with E-state index in [4.69, 9.17) is 9.47 Å². The van der Waals surface area contributed by atoms with E-state index in [1.54, 1.807) is 18.2 Å². The molecule has 2 aromatic carbocycles. The molecule has 0 bridgehead atoms. The number of hydrogen-bond donors (Lipinski definition) is 1. The molecule has 2 aliphatic rings. The Bertz CT molecular complexity index is 1540. The van der Waals surface area contributed by atoms with E-state index in [1.165, 1.54) is 65.7 Å². The van der Waals surface area contributed by atoms with E-state index in [9.17, 15) is 18.0 Å². The van der Waals surface area contributed by atoms with Gasteiger partial charge >= 0.3 is 11.7 Å². The lowest BCUT2D eigenvalue weighted by atomic mass is 9.86. The average Bonchev–Trinajstić information content (AvgIpc) is 3.35. The third-order valence-corrected chi connectivity index (χ3v) is 9.21. The molecular weight excluding hydrogens is 558 g/mol. The quantitative estimate of drug-likeness (QED) is 0.320. The van der Waals surface area contributed by atoms with Crippen molar-refractivity contribution in [2.24, 2.45) is 11.8 Å². The molecule has 0 saturated heterocycles. The summed E-state index contributed by atoms with van der Waals surface area (Å²) < 4.78 is 42.5. The van der Waals surface area contributed by atoms with Gasteiger partial charge in [-0.1, -0.05) is 46.0 Å². The van der Waals surface area contributed by atoms with Crippen LogP contribution in [0, 0.1) is 11.8 Å². The zero-order valence-corrected chi connectivity index (χ0v) is 25.0. The highest BCUT2D eigenvalue weighted by Crippen LogP contribution is 2.31. The fourth-order valence-corrected chi connectivity index (χ4v) is 6.57. The number of sulfonamides is 1. The van der Waals surface area contributed by atoms with Crippen molar-refractivity contribution in [2.45, 2.75) is 89.2 Å². The summed E-state index contributed by atoms with van der Waals surface area (Å²) in [7, 11) is -3.90. The van der Waals surface area contributed by atoms with Crippen LogP contribution in [0.15, 0.2) is 52.2 Å². The Kier molecular flexibility index (Phi) is 9.30. The lowest BCUT2D eigenvalue weighted by molar-refractivity contribution is -0.153. The predicted octanol–water partition coefficient (Wildman–Crippen LogP) is 4.48. The van der Waals surface area contributed by atoms with Gasteiger partial charge in [0.25, 0.3) is 10.0 Å². The molecule has 226 valence electrons. The molecule has 0 radical (unpaired) electrons. The number of rotatable bonds is 11. The Labute approximate surface area is 246 Å². The number of carbonyl (C=O) groups is 1. The molecule has 1 fully saturated rings. The molecule has 1 N–H and O–H groups in total. The van der Waals surface area contributed by atoms with Gasteiger partial charge in [0.2, 0.25) is 0 Å². The Morgan fingerprint density at radius 1 is 1.07 bits per heavy atom. The van der Waals surface area contributed by atoms with Crippen LogP contribution in [0.1, 0.15) is 70.8 Å². The average molecular weight is 598 g/mol. The molecule has 0 spiro atoms. The standard InChI is InChI=1S/C30H39N5O6S/c1-21(2)20-40-29(36)28-16-10-23-19-24(11-17-27(23)41-28)31-42(38,39)26-14-12-25(13-15-26)35-30(37)34(32-33-35)18-6-9-22-7-4-3-5-8-22/h11-15,17,19,21-22,28,31H,3-10,16,18,20H2,1-2H3. The lowest BCUT2D eigenvalue weighted by Gasteiger charge is -2.25. The Balaban J connectivity index is 1.19. The normalized spacial score (nSPS) is 17.5. The van der Waals surface area contributed by atoms with Crippen molar-refractivity contribution in [2.75, 3.05) is 11.3 Å². The molecule has 1 saturated carbocycles. The number of nitrogens with one attached hydrogen (secondary N) is 1. The first kappa shape index (κ1) is 29.8. The fourth-order valence-electron chi connectivity index (χ4n) is 5.52. The highest BCUT2D eigenvalue weighted by molar-refractivity contribution is 7.92. The molecule has 12 heteroatoms. The third kappa shape index (κ3) is 7.21. The monoisotopic (exact) mass is 597 g/mol. The van der Waals surface area contributed by atoms with Gasteiger partial charge in [0.15, 0.2) is 6.10 Å². The number of nitrogens with zero attached hydrogens (tertiary/aromatic N) is 4. The van der Waals surface area contributed by atoms with E-state index in [-0.39, 0.29) is 22.5 Å². The third-order valence-electron chi connectivity index (χ3n) is 7.82. The summed E-state index contributed by atoms with van der Waals surface area (Å²) in [5, 5.41) is 8.02. The first-order valence-electron chi connectivity index (χ1n) is 14.8. The predicted molar refractivity (Wildman–Crippen MR) is 157 cm³/mol. The van der Waals surface area contributed by atoms with Gasteiger partial charge in [0.05, 0.1) is 17.2 Å². The molecule has 42 heavy (non-hydrogen) atoms. The van der Waals surface area contributed by atoms with Crippen molar-refractivity contribution in [1.82, 2.24) is 19.8 Å². The van der Waals surface area contributed by atoms with Crippen molar-refractivity contribution >= 4 is 21.7 Å². The lowest BCUT2D eigenvalue weighted by Crippen LogP contribution is -2.33. The zero-order valence-electron chi connectivity index (χ0n) is 24.2. The van der Waals surface area contributed by atoms with Crippen LogP contribution >= 0.6 is 0 Å². The van der Waals surface area contributed by atoms with E-state index in [0.717, 1.165) is 24.3 Å². The van der Waals surface area contributed by atoms with Gasteiger partial charge in [-0.05, 0) is 96.0 Å². The fraction of sp³-hybridized carbons (Fsp3) is 0.533. The minimum atomic E-state index is -3.90. The number of fused-ring (bicyclic) bond motifs is 1. The van der Waals surface area contributed by atoms with Gasteiger partial charge in [0, 0.05) is 12.2 Å². The van der Waals surface area contributed by atoms with Gasteiger partial charge < -0.3 is 9.47 Å². The largest absolute Gasteiger partial charge is 0.478 e. The molecule has 11 nitrogen and oxygen atoms in total. The number of aromatic nitrogens is 4. The van der Waals surface area contributed by atoms with Crippen LogP contribution in [0.2, 0.25) is 0 Å². The first-order valence-corrected chi connectivity index (χ1v) is 16.3. The van der Waals surface area contributed by atoms with Gasteiger partial charge in [-0.15, -0.1) is 0 Å². The summed E-state index contributed by atoms with van der Waals surface area (Å²) in [5.41, 5.74) is 1.28. The second-order valence-corrected chi connectivity index (χ2v) is 13.3. The van der Waals surface area contributed by atoms with Crippen molar-refractivity contribution in [3.8, 4) is 11.4 Å². The molecule has 1 unspecified atom stereocenters. The second kappa shape index (κ2) is 13.1. The van der Waals surface area contributed by atoms with E-state index >= 15 is 0 Å². The Morgan fingerprint density at radius 2 is 1.83 bits per heavy atom. The van der Waals surface area contributed by atoms with E-state index in [1.807, 2.05) is 13.8 Å². The molecule has 2 heterocycles. The number of anilines is 1. The molecule has 5 rings (SSSR count). The van der Waals surface area contributed by atoms with Crippen LogP contribution in [0.4, 0.5) is 5.69 Å². The van der Waals surface area contributed by atoms with Gasteiger partial charge in [-0.2, -0.15) is 9.36 Å². The Hall–Kier alpha value is -3.67. The first-order chi connectivity index (χ1) is 20.2. The van der Waals surface area contributed by atoms with E-state index in [2.05, 4.69) is 15.1 Å². The summed E-state index contributed by atoms with van der Waals surface area (Å²) in [5.74, 6) is 1.12. The minimum Gasteiger partial charge on any atom is -0.478 e. The number of hydrogen-bond acceptors (Lipinski definition) is 8. The summed E-state index contributed by atoms with van der Waals surface area (Å²) >= 11 is 0. The summed E-state index contributed by atoms with van der Waals surface area (Å²) in [6.45, 7) is 4.79. The van der Waals surface area contributed by atoms with Gasteiger partial charge in [0.1, 0.15) is 5.75 Å². The molecule has 1 aliphatic carbocycles.